The van der Waals surface area contributed by atoms with Crippen LogP contribution in [0.4, 0.5) is 14.5 Å². The van der Waals surface area contributed by atoms with E-state index in [9.17, 15) is 22.0 Å². The second-order valence-electron chi connectivity index (χ2n) is 6.40. The maximum Gasteiger partial charge on any atom is 0.234 e. The number of carbonyl (C=O) groups excluding carboxylic acids is 1. The van der Waals surface area contributed by atoms with Gasteiger partial charge in [-0.3, -0.25) is 4.79 Å². The van der Waals surface area contributed by atoms with Crippen LogP contribution in [0.5, 0.6) is 0 Å². The summed E-state index contributed by atoms with van der Waals surface area (Å²) in [6.07, 6.45) is 1.14. The van der Waals surface area contributed by atoms with Crippen molar-refractivity contribution in [1.29, 1.82) is 0 Å². The third kappa shape index (κ3) is 5.04. The van der Waals surface area contributed by atoms with Crippen molar-refractivity contribution in [2.45, 2.75) is 18.0 Å². The second kappa shape index (κ2) is 7.93. The standard InChI is InChI=1S/C16H18F2N4O3S2/c1-22-14(6-10-4-5-27(24,25)9-10)20-21-16(22)26-8-15(23)19-11-2-3-12(17)13(18)7-11/h2-3,7,10H,4-6,8-9H2,1H3,(H,19,23)/t10-/m0/s1. The summed E-state index contributed by atoms with van der Waals surface area (Å²) in [6.45, 7) is 0. The van der Waals surface area contributed by atoms with Gasteiger partial charge in [0.2, 0.25) is 5.91 Å². The molecule has 1 amide bonds. The van der Waals surface area contributed by atoms with E-state index in [4.69, 9.17) is 0 Å². The fourth-order valence-electron chi connectivity index (χ4n) is 2.84. The van der Waals surface area contributed by atoms with E-state index in [0.29, 0.717) is 23.8 Å². The van der Waals surface area contributed by atoms with Crippen LogP contribution in [0.3, 0.4) is 0 Å². The average molecular weight is 416 g/mol. The number of benzene rings is 1. The smallest absolute Gasteiger partial charge is 0.234 e. The number of amides is 1. The molecule has 1 aliphatic heterocycles. The van der Waals surface area contributed by atoms with Crippen molar-refractivity contribution in [2.24, 2.45) is 13.0 Å². The second-order valence-corrected chi connectivity index (χ2v) is 9.57. The average Bonchev–Trinajstić information content (AvgIpc) is 3.12. The Labute approximate surface area is 159 Å². The zero-order valence-electron chi connectivity index (χ0n) is 14.5. The maximum absolute atomic E-state index is 13.2. The summed E-state index contributed by atoms with van der Waals surface area (Å²) >= 11 is 1.15. The van der Waals surface area contributed by atoms with Crippen LogP contribution in [0, 0.1) is 17.6 Å². The van der Waals surface area contributed by atoms with Gasteiger partial charge >= 0.3 is 0 Å². The van der Waals surface area contributed by atoms with Gasteiger partial charge in [-0.1, -0.05) is 11.8 Å². The largest absolute Gasteiger partial charge is 0.325 e. The lowest BCUT2D eigenvalue weighted by atomic mass is 10.1. The van der Waals surface area contributed by atoms with Crippen LogP contribution in [0.1, 0.15) is 12.2 Å². The molecule has 0 saturated carbocycles. The molecule has 27 heavy (non-hydrogen) atoms. The number of nitrogens with one attached hydrogen (secondary N) is 1. The van der Waals surface area contributed by atoms with Crippen molar-refractivity contribution in [1.82, 2.24) is 14.8 Å². The van der Waals surface area contributed by atoms with Crippen LogP contribution in [0.2, 0.25) is 0 Å². The number of sulfone groups is 1. The normalized spacial score (nSPS) is 18.6. The predicted octanol–water partition coefficient (Wildman–Crippen LogP) is 1.80. The topological polar surface area (TPSA) is 93.9 Å². The molecule has 2 aromatic rings. The van der Waals surface area contributed by atoms with E-state index in [1.807, 2.05) is 0 Å². The van der Waals surface area contributed by atoms with Crippen LogP contribution < -0.4 is 5.32 Å². The van der Waals surface area contributed by atoms with Crippen LogP contribution in [0.15, 0.2) is 23.4 Å². The monoisotopic (exact) mass is 416 g/mol. The summed E-state index contributed by atoms with van der Waals surface area (Å²) in [4.78, 5) is 12.0. The number of nitrogens with zero attached hydrogens (tertiary/aromatic N) is 3. The maximum atomic E-state index is 13.2. The molecule has 3 rings (SSSR count). The fourth-order valence-corrected chi connectivity index (χ4v) is 5.43. The molecule has 1 saturated heterocycles. The van der Waals surface area contributed by atoms with E-state index >= 15 is 0 Å². The quantitative estimate of drug-likeness (QED) is 0.722. The fraction of sp³-hybridized carbons (Fsp3) is 0.438. The SMILES string of the molecule is Cn1c(C[C@@H]2CCS(=O)(=O)C2)nnc1SCC(=O)Nc1ccc(F)c(F)c1. The van der Waals surface area contributed by atoms with E-state index < -0.39 is 27.4 Å². The minimum Gasteiger partial charge on any atom is -0.325 e. The Morgan fingerprint density at radius 2 is 2.11 bits per heavy atom. The molecular weight excluding hydrogens is 398 g/mol. The number of hydrogen-bond donors (Lipinski definition) is 1. The molecule has 1 aliphatic rings. The van der Waals surface area contributed by atoms with Crippen molar-refractivity contribution in [3.63, 3.8) is 0 Å². The summed E-state index contributed by atoms with van der Waals surface area (Å²) < 4.78 is 50.9. The molecule has 7 nitrogen and oxygen atoms in total. The Hall–Kier alpha value is -2.01. The Balaban J connectivity index is 1.54. The molecule has 0 spiro atoms. The molecule has 0 unspecified atom stereocenters. The van der Waals surface area contributed by atoms with Gasteiger partial charge in [0.1, 0.15) is 5.82 Å². The molecule has 1 fully saturated rings. The molecule has 0 bridgehead atoms. The lowest BCUT2D eigenvalue weighted by molar-refractivity contribution is -0.113. The van der Waals surface area contributed by atoms with E-state index in [1.165, 1.54) is 6.07 Å². The predicted molar refractivity (Wildman–Crippen MR) is 97.2 cm³/mol. The number of halogens is 2. The van der Waals surface area contributed by atoms with E-state index in [2.05, 4.69) is 15.5 Å². The summed E-state index contributed by atoms with van der Waals surface area (Å²) in [7, 11) is -1.19. The van der Waals surface area contributed by atoms with Gasteiger partial charge in [-0.25, -0.2) is 17.2 Å². The molecular formula is C16H18F2N4O3S2. The Kier molecular flexibility index (Phi) is 5.80. The zero-order chi connectivity index (χ0) is 19.6. The first-order valence-electron chi connectivity index (χ1n) is 8.20. The summed E-state index contributed by atoms with van der Waals surface area (Å²) in [6, 6.07) is 3.13. The molecule has 1 aromatic heterocycles. The van der Waals surface area contributed by atoms with Crippen molar-refractivity contribution < 1.29 is 22.0 Å². The minimum atomic E-state index is -2.94. The molecule has 1 atom stereocenters. The zero-order valence-corrected chi connectivity index (χ0v) is 16.1. The summed E-state index contributed by atoms with van der Waals surface area (Å²) in [5, 5.41) is 11.1. The van der Waals surface area contributed by atoms with Crippen LogP contribution in [-0.2, 0) is 28.1 Å². The van der Waals surface area contributed by atoms with Crippen LogP contribution >= 0.6 is 11.8 Å². The lowest BCUT2D eigenvalue weighted by Gasteiger charge is -2.08. The number of rotatable bonds is 6. The van der Waals surface area contributed by atoms with Gasteiger partial charge in [-0.2, -0.15) is 0 Å². The van der Waals surface area contributed by atoms with Gasteiger partial charge < -0.3 is 9.88 Å². The Morgan fingerprint density at radius 1 is 1.33 bits per heavy atom. The molecule has 0 aliphatic carbocycles. The van der Waals surface area contributed by atoms with Gasteiger partial charge in [-0.15, -0.1) is 10.2 Å². The van der Waals surface area contributed by atoms with Gasteiger partial charge in [0.05, 0.1) is 17.3 Å². The van der Waals surface area contributed by atoms with E-state index in [-0.39, 0.29) is 28.9 Å². The van der Waals surface area contributed by atoms with Crippen molar-refractivity contribution in [3.05, 3.63) is 35.7 Å². The van der Waals surface area contributed by atoms with Crippen molar-refractivity contribution in [3.8, 4) is 0 Å². The Morgan fingerprint density at radius 3 is 2.78 bits per heavy atom. The summed E-state index contributed by atoms with van der Waals surface area (Å²) in [5.74, 6) is -1.31. The number of anilines is 1. The van der Waals surface area contributed by atoms with Crippen molar-refractivity contribution >= 4 is 33.2 Å². The van der Waals surface area contributed by atoms with E-state index in [1.54, 1.807) is 11.6 Å². The first kappa shape index (κ1) is 19.7. The minimum absolute atomic E-state index is 0.0166. The number of hydrogen-bond acceptors (Lipinski definition) is 6. The van der Waals surface area contributed by atoms with Crippen molar-refractivity contribution in [2.75, 3.05) is 22.6 Å². The highest BCUT2D eigenvalue weighted by Crippen LogP contribution is 2.24. The number of carbonyl (C=O) groups is 1. The molecule has 2 heterocycles. The molecule has 1 N–H and O–H groups in total. The third-order valence-electron chi connectivity index (χ3n) is 4.26. The molecule has 11 heteroatoms. The molecule has 146 valence electrons. The summed E-state index contributed by atoms with van der Waals surface area (Å²) in [5.41, 5.74) is 0.167. The molecule has 0 radical (unpaired) electrons. The number of thioether (sulfide) groups is 1. The van der Waals surface area contributed by atoms with Gasteiger partial charge in [-0.05, 0) is 24.5 Å². The van der Waals surface area contributed by atoms with Gasteiger partial charge in [0.25, 0.3) is 0 Å². The first-order valence-corrected chi connectivity index (χ1v) is 11.0. The number of aromatic nitrogens is 3. The molecule has 1 aromatic carbocycles. The first-order chi connectivity index (χ1) is 12.7. The van der Waals surface area contributed by atoms with Crippen LogP contribution in [0.25, 0.3) is 0 Å². The van der Waals surface area contributed by atoms with E-state index in [0.717, 1.165) is 23.9 Å². The van der Waals surface area contributed by atoms with Crippen LogP contribution in [-0.4, -0.2) is 46.3 Å². The Bertz CT molecular complexity index is 963. The highest BCUT2D eigenvalue weighted by molar-refractivity contribution is 7.99. The highest BCUT2D eigenvalue weighted by atomic mass is 32.2. The van der Waals surface area contributed by atoms with Gasteiger partial charge in [0, 0.05) is 25.2 Å². The highest BCUT2D eigenvalue weighted by Gasteiger charge is 2.29. The third-order valence-corrected chi connectivity index (χ3v) is 7.12. The lowest BCUT2D eigenvalue weighted by Crippen LogP contribution is -2.15. The van der Waals surface area contributed by atoms with Gasteiger partial charge in [0.15, 0.2) is 26.6 Å².